The molecule has 0 aliphatic carbocycles. The third-order valence-electron chi connectivity index (χ3n) is 12.1. The molecular weight excluding hydrogens is 760 g/mol. The van der Waals surface area contributed by atoms with Gasteiger partial charge in [-0.1, -0.05) is 238 Å². The van der Waals surface area contributed by atoms with Crippen LogP contribution in [0.4, 0.5) is 0 Å². The molecule has 6 heteroatoms. The number of benzene rings is 1. The summed E-state index contributed by atoms with van der Waals surface area (Å²) in [5.41, 5.74) is 0. The Labute approximate surface area is 376 Å². The Bertz CT molecular complexity index is 880. The molecule has 0 spiro atoms. The van der Waals surface area contributed by atoms with Crippen LogP contribution >= 0.6 is 8.60 Å². The largest absolute Gasteiger partial charge is 0.427 e. The summed E-state index contributed by atoms with van der Waals surface area (Å²) < 4.78 is 30.6. The van der Waals surface area contributed by atoms with E-state index in [1.54, 1.807) is 0 Å². The van der Waals surface area contributed by atoms with E-state index >= 15 is 0 Å². The molecule has 1 aromatic carbocycles. The van der Waals surface area contributed by atoms with Crippen molar-refractivity contribution in [2.24, 2.45) is 0 Å². The van der Waals surface area contributed by atoms with E-state index in [1.165, 1.54) is 231 Å². The van der Waals surface area contributed by atoms with Crippen LogP contribution in [-0.4, -0.2) is 38.6 Å². The van der Waals surface area contributed by atoms with Crippen molar-refractivity contribution in [3.8, 4) is 5.75 Å². The van der Waals surface area contributed by atoms with Gasteiger partial charge in [0.1, 0.15) is 5.75 Å². The average Bonchev–Trinajstić information content (AvgIpc) is 3.25. The van der Waals surface area contributed by atoms with Crippen LogP contribution in [0.15, 0.2) is 30.3 Å². The Morgan fingerprint density at radius 2 is 0.633 bits per heavy atom. The van der Waals surface area contributed by atoms with Crippen LogP contribution in [0.3, 0.4) is 0 Å². The molecule has 60 heavy (non-hydrogen) atoms. The first-order valence-electron chi connectivity index (χ1n) is 26.7. The average molecular weight is 863 g/mol. The molecule has 2 atom stereocenters. The first kappa shape index (κ1) is 57.3. The maximum atomic E-state index is 6.16. The van der Waals surface area contributed by atoms with Crippen LogP contribution in [0, 0.1) is 0 Å². The maximum Gasteiger partial charge on any atom is 0.397 e. The van der Waals surface area contributed by atoms with Gasteiger partial charge in [-0.2, -0.15) is 0 Å². The third-order valence-corrected chi connectivity index (χ3v) is 13.3. The minimum absolute atomic E-state index is 0.415. The number of hydrogen-bond acceptors (Lipinski definition) is 5. The van der Waals surface area contributed by atoms with Crippen molar-refractivity contribution in [1.29, 1.82) is 0 Å². The van der Waals surface area contributed by atoms with E-state index in [0.29, 0.717) is 25.4 Å². The molecular formula is C54H103O5P. The summed E-state index contributed by atoms with van der Waals surface area (Å²) in [4.78, 5) is 0. The monoisotopic (exact) mass is 863 g/mol. The van der Waals surface area contributed by atoms with Gasteiger partial charge in [-0.05, 0) is 64.5 Å². The minimum Gasteiger partial charge on any atom is -0.427 e. The summed E-state index contributed by atoms with van der Waals surface area (Å²) in [6, 6.07) is 10.0. The van der Waals surface area contributed by atoms with Crippen LogP contribution < -0.4 is 4.52 Å². The number of rotatable bonds is 50. The third kappa shape index (κ3) is 42.6. The second-order valence-electron chi connectivity index (χ2n) is 18.3. The molecule has 0 fully saturated rings. The van der Waals surface area contributed by atoms with Crippen molar-refractivity contribution < 1.29 is 23.0 Å². The highest BCUT2D eigenvalue weighted by Crippen LogP contribution is 2.41. The summed E-state index contributed by atoms with van der Waals surface area (Å²) >= 11 is 0. The molecule has 1 aromatic rings. The second kappa shape index (κ2) is 47.8. The van der Waals surface area contributed by atoms with Gasteiger partial charge >= 0.3 is 8.60 Å². The van der Waals surface area contributed by atoms with Crippen molar-refractivity contribution in [3.63, 3.8) is 0 Å². The lowest BCUT2D eigenvalue weighted by molar-refractivity contribution is 0.0555. The van der Waals surface area contributed by atoms with Crippen molar-refractivity contribution in [2.45, 2.75) is 284 Å². The van der Waals surface area contributed by atoms with E-state index in [9.17, 15) is 0 Å². The lowest BCUT2D eigenvalue weighted by Gasteiger charge is -2.17. The molecule has 354 valence electrons. The van der Waals surface area contributed by atoms with Crippen molar-refractivity contribution in [3.05, 3.63) is 30.3 Å². The molecule has 0 saturated carbocycles. The lowest BCUT2D eigenvalue weighted by atomic mass is 10.1. The van der Waals surface area contributed by atoms with Gasteiger partial charge in [-0.3, -0.25) is 0 Å². The SMILES string of the molecule is CCCCCCCCCCCCOC(C)CCCCCCCCCCOP(OCCCCCCCCCCC(C)OCCCCCCCCCCCC)Oc1ccccc1. The van der Waals surface area contributed by atoms with Gasteiger partial charge in [-0.15, -0.1) is 0 Å². The van der Waals surface area contributed by atoms with E-state index in [1.807, 2.05) is 30.3 Å². The van der Waals surface area contributed by atoms with Gasteiger partial charge in [0.2, 0.25) is 0 Å². The number of unbranched alkanes of at least 4 members (excludes halogenated alkanes) is 32. The Balaban J connectivity index is 1.95. The Hall–Kier alpha value is -0.710. The van der Waals surface area contributed by atoms with Crippen molar-refractivity contribution >= 4 is 8.60 Å². The molecule has 0 amide bonds. The van der Waals surface area contributed by atoms with E-state index in [-0.39, 0.29) is 0 Å². The fourth-order valence-corrected chi connectivity index (χ4v) is 9.07. The standard InChI is InChI=1S/C54H103O5P/c1-5-7-9-11-13-15-19-25-31-40-48-55-52(3)44-36-29-23-17-21-27-33-42-50-57-60(59-54-46-38-35-39-47-54)58-51-43-34-28-22-18-24-30-37-45-53(4)56-49-41-32-26-20-16-14-12-10-8-6-2/h35,38-39,46-47,52-53H,5-34,36-37,40-45,48-51H2,1-4H3. The zero-order chi connectivity index (χ0) is 43.1. The van der Waals surface area contributed by atoms with Crippen LogP contribution in [0.25, 0.3) is 0 Å². The fourth-order valence-electron chi connectivity index (χ4n) is 8.04. The molecule has 0 aliphatic heterocycles. The molecule has 2 unspecified atom stereocenters. The fraction of sp³-hybridized carbons (Fsp3) is 0.889. The van der Waals surface area contributed by atoms with Crippen molar-refractivity contribution in [1.82, 2.24) is 0 Å². The smallest absolute Gasteiger partial charge is 0.397 e. The zero-order valence-corrected chi connectivity index (χ0v) is 41.6. The summed E-state index contributed by atoms with van der Waals surface area (Å²) in [6.07, 6.45) is 51.4. The molecule has 1 rings (SSSR count). The molecule has 0 aliphatic rings. The highest BCUT2D eigenvalue weighted by Gasteiger charge is 2.15. The second-order valence-corrected chi connectivity index (χ2v) is 19.4. The number of ether oxygens (including phenoxy) is 2. The van der Waals surface area contributed by atoms with Gasteiger partial charge < -0.3 is 23.0 Å². The Morgan fingerprint density at radius 1 is 0.350 bits per heavy atom. The van der Waals surface area contributed by atoms with E-state index in [2.05, 4.69) is 27.7 Å². The number of hydrogen-bond donors (Lipinski definition) is 0. The predicted octanol–water partition coefficient (Wildman–Crippen LogP) is 19.0. The van der Waals surface area contributed by atoms with Gasteiger partial charge in [-0.25, -0.2) is 0 Å². The minimum atomic E-state index is -1.36. The normalized spacial score (nSPS) is 13.2. The van der Waals surface area contributed by atoms with Gasteiger partial charge in [0, 0.05) is 13.2 Å². The summed E-state index contributed by atoms with van der Waals surface area (Å²) in [5, 5.41) is 0. The van der Waals surface area contributed by atoms with Crippen molar-refractivity contribution in [2.75, 3.05) is 26.4 Å². The van der Waals surface area contributed by atoms with Crippen LogP contribution in [-0.2, 0) is 18.5 Å². The van der Waals surface area contributed by atoms with Gasteiger partial charge in [0.05, 0.1) is 25.4 Å². The first-order chi connectivity index (χ1) is 29.7. The highest BCUT2D eigenvalue weighted by molar-refractivity contribution is 7.42. The van der Waals surface area contributed by atoms with Crippen LogP contribution in [0.1, 0.15) is 272 Å². The van der Waals surface area contributed by atoms with Crippen LogP contribution in [0.2, 0.25) is 0 Å². The van der Waals surface area contributed by atoms with Crippen LogP contribution in [0.5, 0.6) is 5.75 Å². The highest BCUT2D eigenvalue weighted by atomic mass is 31.2. The maximum absolute atomic E-state index is 6.16. The first-order valence-corrected chi connectivity index (χ1v) is 27.8. The molecule has 0 N–H and O–H groups in total. The molecule has 0 radical (unpaired) electrons. The summed E-state index contributed by atoms with van der Waals surface area (Å²) in [5.74, 6) is 0.827. The quantitative estimate of drug-likeness (QED) is 0.0482. The van der Waals surface area contributed by atoms with Gasteiger partial charge in [0.15, 0.2) is 0 Å². The number of para-hydroxylation sites is 1. The molecule has 0 bridgehead atoms. The predicted molar refractivity (Wildman–Crippen MR) is 264 cm³/mol. The van der Waals surface area contributed by atoms with E-state index < -0.39 is 8.60 Å². The molecule has 0 aromatic heterocycles. The Kier molecular flexibility index (Phi) is 45.6. The molecule has 0 heterocycles. The summed E-state index contributed by atoms with van der Waals surface area (Å²) in [7, 11) is -1.36. The van der Waals surface area contributed by atoms with E-state index in [4.69, 9.17) is 23.0 Å². The van der Waals surface area contributed by atoms with E-state index in [0.717, 1.165) is 31.8 Å². The zero-order valence-electron chi connectivity index (χ0n) is 40.7. The Morgan fingerprint density at radius 3 is 0.967 bits per heavy atom. The molecule has 0 saturated heterocycles. The topological polar surface area (TPSA) is 46.2 Å². The lowest BCUT2D eigenvalue weighted by Crippen LogP contribution is -2.09. The molecule has 5 nitrogen and oxygen atoms in total. The van der Waals surface area contributed by atoms with Gasteiger partial charge in [0.25, 0.3) is 0 Å². The summed E-state index contributed by atoms with van der Waals surface area (Å²) in [6.45, 7) is 12.4.